The maximum Gasteiger partial charge on any atom is 0.359 e. The summed E-state index contributed by atoms with van der Waals surface area (Å²) in [6.07, 6.45) is -0.338. The quantitative estimate of drug-likeness (QED) is 0.260. The average Bonchev–Trinajstić information content (AvgIpc) is 3.29. The molecule has 0 radical (unpaired) electrons. The van der Waals surface area contributed by atoms with Crippen LogP contribution in [0.1, 0.15) is 20.3 Å². The van der Waals surface area contributed by atoms with Crippen LogP contribution < -0.4 is 10.4 Å². The molecule has 188 valence electrons. The van der Waals surface area contributed by atoms with E-state index >= 15 is 0 Å². The van der Waals surface area contributed by atoms with Gasteiger partial charge in [0.15, 0.2) is 6.54 Å². The molecule has 4 heterocycles. The van der Waals surface area contributed by atoms with E-state index < -0.39 is 29.9 Å². The van der Waals surface area contributed by atoms with Crippen LogP contribution in [0.5, 0.6) is 0 Å². The van der Waals surface area contributed by atoms with Crippen LogP contribution in [0.15, 0.2) is 10.6 Å². The van der Waals surface area contributed by atoms with Gasteiger partial charge in [-0.2, -0.15) is 0 Å². The molecule has 0 aromatic heterocycles. The summed E-state index contributed by atoms with van der Waals surface area (Å²) >= 11 is 1.38. The minimum Gasteiger partial charge on any atom is -0.543 e. The summed E-state index contributed by atoms with van der Waals surface area (Å²) in [6, 6.07) is -0.775. The molecule has 4 aliphatic rings. The molecule has 0 aromatic rings. The number of carboxylic acid groups (broad SMARTS) is 2. The van der Waals surface area contributed by atoms with Crippen LogP contribution in [0, 0.1) is 11.8 Å². The van der Waals surface area contributed by atoms with Crippen molar-refractivity contribution in [2.45, 2.75) is 43.7 Å². The van der Waals surface area contributed by atoms with E-state index in [2.05, 4.69) is 5.32 Å². The number of hydrogen-bond donors (Lipinski definition) is 3. The SMILES string of the molecule is C[C@@H](O)[C@H]1C(=O)N2C(C(=O)[O-])=C(S[C@@H]3CN[C@H](C(=O)N4CC[N+](C)(CC(=O)O)CC4)C3)[C@H](C)[C@H]12. The number of likely N-dealkylation sites (N-methyl/N-ethyl adjacent to an activating group) is 1. The predicted octanol–water partition coefficient (Wildman–Crippen LogP) is -2.36. The smallest absolute Gasteiger partial charge is 0.359 e. The predicted molar refractivity (Wildman–Crippen MR) is 120 cm³/mol. The van der Waals surface area contributed by atoms with E-state index in [4.69, 9.17) is 5.11 Å². The fourth-order valence-corrected chi connectivity index (χ4v) is 7.18. The van der Waals surface area contributed by atoms with Crippen molar-refractivity contribution in [2.24, 2.45) is 11.8 Å². The minimum atomic E-state index is -1.40. The van der Waals surface area contributed by atoms with E-state index in [-0.39, 0.29) is 41.4 Å². The molecule has 0 aliphatic carbocycles. The Morgan fingerprint density at radius 3 is 2.50 bits per heavy atom. The van der Waals surface area contributed by atoms with Gasteiger partial charge in [-0.05, 0) is 13.3 Å². The maximum atomic E-state index is 13.1. The van der Waals surface area contributed by atoms with Gasteiger partial charge in [-0.1, -0.05) is 6.92 Å². The first-order valence-corrected chi connectivity index (χ1v) is 12.5. The lowest BCUT2D eigenvalue weighted by molar-refractivity contribution is -0.906. The Kier molecular flexibility index (Phi) is 6.71. The Balaban J connectivity index is 1.38. The molecule has 4 aliphatic heterocycles. The van der Waals surface area contributed by atoms with E-state index in [1.807, 2.05) is 14.0 Å². The molecule has 34 heavy (non-hydrogen) atoms. The third-order valence-corrected chi connectivity index (χ3v) is 9.14. The molecular weight excluding hydrogens is 464 g/mol. The Morgan fingerprint density at radius 1 is 1.29 bits per heavy atom. The van der Waals surface area contributed by atoms with E-state index in [0.717, 1.165) is 0 Å². The fourth-order valence-electron chi connectivity index (χ4n) is 5.70. The van der Waals surface area contributed by atoms with Gasteiger partial charge in [-0.25, -0.2) is 4.79 Å². The van der Waals surface area contributed by atoms with E-state index in [0.29, 0.717) is 48.5 Å². The normalized spacial score (nSPS) is 33.5. The van der Waals surface area contributed by atoms with Crippen molar-refractivity contribution in [1.29, 1.82) is 0 Å². The molecule has 0 aromatic carbocycles. The molecule has 0 unspecified atom stereocenters. The standard InChI is InChI=1S/C22H32N4O7S/c1-11-17-16(12(2)27)21(31)25(17)18(22(32)33)19(11)34-13-8-14(23-9-13)20(30)24-4-6-26(3,7-5-24)10-15(28)29/h11-14,16-17,23,27H,4-10H2,1-3H3,(H-,28,29,32,33)/t11-,12-,13+,14+,16-,17-/m1/s1. The molecular formula is C22H32N4O7S. The molecule has 0 bridgehead atoms. The number of aliphatic carboxylic acids is 2. The van der Waals surface area contributed by atoms with Crippen molar-refractivity contribution in [3.63, 3.8) is 0 Å². The first-order valence-electron chi connectivity index (χ1n) is 11.6. The van der Waals surface area contributed by atoms with Crippen LogP contribution in [0.2, 0.25) is 0 Å². The Morgan fingerprint density at radius 2 is 1.94 bits per heavy atom. The summed E-state index contributed by atoms with van der Waals surface area (Å²) in [5, 5.41) is 34.2. The summed E-state index contributed by atoms with van der Waals surface area (Å²) in [5.41, 5.74) is -0.106. The van der Waals surface area contributed by atoms with Crippen LogP contribution >= 0.6 is 11.8 Å². The molecule has 3 fully saturated rings. The summed E-state index contributed by atoms with van der Waals surface area (Å²) < 4.78 is 0.400. The van der Waals surface area contributed by atoms with Crippen molar-refractivity contribution in [2.75, 3.05) is 46.3 Å². The lowest BCUT2D eigenvalue weighted by atomic mass is 9.79. The molecule has 0 saturated carbocycles. The number of nitrogens with one attached hydrogen (secondary N) is 1. The minimum absolute atomic E-state index is 0.0218. The number of fused-ring (bicyclic) bond motifs is 1. The highest BCUT2D eigenvalue weighted by Gasteiger charge is 2.59. The Labute approximate surface area is 202 Å². The molecule has 6 atom stereocenters. The van der Waals surface area contributed by atoms with Crippen LogP contribution in [0.4, 0.5) is 0 Å². The Bertz CT molecular complexity index is 930. The number of aliphatic hydroxyl groups excluding tert-OH is 1. The number of piperazine rings is 1. The number of amides is 2. The first kappa shape index (κ1) is 25.0. The molecule has 0 spiro atoms. The van der Waals surface area contributed by atoms with Crippen molar-refractivity contribution < 1.29 is 39.0 Å². The van der Waals surface area contributed by atoms with Crippen LogP contribution in [0.25, 0.3) is 0 Å². The number of nitrogens with zero attached hydrogens (tertiary/aromatic N) is 3. The van der Waals surface area contributed by atoms with E-state index in [1.54, 1.807) is 4.90 Å². The zero-order chi connectivity index (χ0) is 24.9. The zero-order valence-electron chi connectivity index (χ0n) is 19.6. The third kappa shape index (κ3) is 4.32. The molecule has 3 saturated heterocycles. The van der Waals surface area contributed by atoms with Gasteiger partial charge in [-0.3, -0.25) is 9.59 Å². The van der Waals surface area contributed by atoms with Crippen LogP contribution in [-0.2, 0) is 19.2 Å². The number of rotatable bonds is 7. The fraction of sp³-hybridized carbons (Fsp3) is 0.727. The lowest BCUT2D eigenvalue weighted by Crippen LogP contribution is -2.64. The largest absolute Gasteiger partial charge is 0.543 e. The Hall–Kier alpha value is -2.15. The summed E-state index contributed by atoms with van der Waals surface area (Å²) in [4.78, 5) is 52.1. The molecule has 12 heteroatoms. The number of β-lactam (4-membered cyclic amide) rings is 1. The molecule has 11 nitrogen and oxygen atoms in total. The first-order chi connectivity index (χ1) is 15.9. The summed E-state index contributed by atoms with van der Waals surface area (Å²) in [6.45, 7) is 6.12. The van der Waals surface area contributed by atoms with E-state index in [9.17, 15) is 29.4 Å². The van der Waals surface area contributed by atoms with Crippen LogP contribution in [0.3, 0.4) is 0 Å². The number of carbonyl (C=O) groups excluding carboxylic acids is 3. The number of carboxylic acids is 2. The van der Waals surface area contributed by atoms with Gasteiger partial charge in [0.2, 0.25) is 11.8 Å². The van der Waals surface area contributed by atoms with Gasteiger partial charge < -0.3 is 39.7 Å². The second-order valence-electron chi connectivity index (χ2n) is 10.1. The van der Waals surface area contributed by atoms with Gasteiger partial charge in [0.25, 0.3) is 0 Å². The third-order valence-electron chi connectivity index (χ3n) is 7.63. The second kappa shape index (κ2) is 9.14. The van der Waals surface area contributed by atoms with Gasteiger partial charge in [0.05, 0.1) is 69.0 Å². The van der Waals surface area contributed by atoms with Gasteiger partial charge in [-0.15, -0.1) is 11.8 Å². The number of carbonyl (C=O) groups is 4. The lowest BCUT2D eigenvalue weighted by Gasteiger charge is -2.47. The number of quaternary nitrogens is 1. The topological polar surface area (TPSA) is 150 Å². The van der Waals surface area contributed by atoms with Gasteiger partial charge >= 0.3 is 5.97 Å². The molecule has 2 amide bonds. The highest BCUT2D eigenvalue weighted by Crippen LogP contribution is 2.51. The van der Waals surface area contributed by atoms with Gasteiger partial charge in [0.1, 0.15) is 0 Å². The summed E-state index contributed by atoms with van der Waals surface area (Å²) in [5.74, 6) is -3.52. The average molecular weight is 497 g/mol. The molecule has 4 rings (SSSR count). The summed E-state index contributed by atoms with van der Waals surface area (Å²) in [7, 11) is 1.89. The zero-order valence-corrected chi connectivity index (χ0v) is 20.4. The second-order valence-corrected chi connectivity index (χ2v) is 11.5. The number of thioether (sulfide) groups is 1. The van der Waals surface area contributed by atoms with Crippen molar-refractivity contribution in [3.05, 3.63) is 10.6 Å². The van der Waals surface area contributed by atoms with Gasteiger partial charge in [0, 0.05) is 22.6 Å². The van der Waals surface area contributed by atoms with Crippen molar-refractivity contribution in [3.8, 4) is 0 Å². The molecule has 3 N–H and O–H groups in total. The van der Waals surface area contributed by atoms with Crippen molar-refractivity contribution >= 4 is 35.5 Å². The van der Waals surface area contributed by atoms with E-state index in [1.165, 1.54) is 23.6 Å². The maximum absolute atomic E-state index is 13.1. The van der Waals surface area contributed by atoms with Crippen LogP contribution in [-0.4, -0.2) is 118 Å². The number of hydrogen-bond acceptors (Lipinski definition) is 8. The monoisotopic (exact) mass is 496 g/mol. The van der Waals surface area contributed by atoms with Crippen molar-refractivity contribution in [1.82, 2.24) is 15.1 Å². The number of aliphatic hydroxyl groups is 1. The highest BCUT2D eigenvalue weighted by molar-refractivity contribution is 8.03. The highest BCUT2D eigenvalue weighted by atomic mass is 32.2.